The molecule has 0 unspecified atom stereocenters. The second-order valence-electron chi connectivity index (χ2n) is 6.37. The minimum absolute atomic E-state index is 0.00730. The number of nitrogens with one attached hydrogen (secondary N) is 1. The third-order valence-electron chi connectivity index (χ3n) is 4.21. The van der Waals surface area contributed by atoms with Crippen LogP contribution in [-0.2, 0) is 11.3 Å². The summed E-state index contributed by atoms with van der Waals surface area (Å²) in [4.78, 5) is 36.8. The Morgan fingerprint density at radius 1 is 0.964 bits per heavy atom. The van der Waals surface area contributed by atoms with Gasteiger partial charge in [-0.05, 0) is 37.6 Å². The average Bonchev–Trinajstić information content (AvgIpc) is 2.64. The number of carbonyl (C=O) groups excluding carboxylic acids is 1. The fourth-order valence-corrected chi connectivity index (χ4v) is 2.77. The van der Waals surface area contributed by atoms with Crippen molar-refractivity contribution in [1.29, 1.82) is 0 Å². The molecule has 0 fully saturated rings. The largest absolute Gasteiger partial charge is 0.324 e. The molecule has 0 bridgehead atoms. The summed E-state index contributed by atoms with van der Waals surface area (Å²) in [7, 11) is 0. The van der Waals surface area contributed by atoms with Crippen molar-refractivity contribution in [2.45, 2.75) is 20.4 Å². The van der Waals surface area contributed by atoms with Gasteiger partial charge in [-0.3, -0.25) is 23.5 Å². The SMILES string of the molecule is Cc1ccc(NC(=O)Cn2ccn(-c3ccc(F)c(F)c3)c(=O)c2=O)c(C)c1. The van der Waals surface area contributed by atoms with Crippen molar-refractivity contribution in [2.24, 2.45) is 0 Å². The second-order valence-corrected chi connectivity index (χ2v) is 6.37. The number of nitrogens with zero attached hydrogens (tertiary/aromatic N) is 2. The van der Waals surface area contributed by atoms with E-state index in [1.54, 1.807) is 6.07 Å². The Labute approximate surface area is 158 Å². The van der Waals surface area contributed by atoms with Crippen molar-refractivity contribution in [2.75, 3.05) is 5.32 Å². The molecule has 1 amide bonds. The number of hydrogen-bond donors (Lipinski definition) is 1. The standard InChI is InChI=1S/C20H17F2N3O3/c1-12-3-6-17(13(2)9-12)23-18(26)11-24-7-8-25(20(28)19(24)27)14-4-5-15(21)16(22)10-14/h3-10H,11H2,1-2H3,(H,23,26). The summed E-state index contributed by atoms with van der Waals surface area (Å²) >= 11 is 0. The molecule has 0 saturated carbocycles. The van der Waals surface area contributed by atoms with Gasteiger partial charge in [0.1, 0.15) is 6.54 Å². The van der Waals surface area contributed by atoms with E-state index in [4.69, 9.17) is 0 Å². The summed E-state index contributed by atoms with van der Waals surface area (Å²) in [6.07, 6.45) is 2.47. The van der Waals surface area contributed by atoms with Gasteiger partial charge in [0.2, 0.25) is 5.91 Å². The van der Waals surface area contributed by atoms with E-state index in [1.807, 2.05) is 26.0 Å². The molecule has 28 heavy (non-hydrogen) atoms. The maximum Gasteiger partial charge on any atom is 0.320 e. The van der Waals surface area contributed by atoms with Gasteiger partial charge in [0, 0.05) is 24.1 Å². The van der Waals surface area contributed by atoms with E-state index in [0.717, 1.165) is 32.4 Å². The maximum absolute atomic E-state index is 13.4. The normalized spacial score (nSPS) is 10.7. The second kappa shape index (κ2) is 7.59. The summed E-state index contributed by atoms with van der Waals surface area (Å²) in [5.41, 5.74) is 0.601. The third kappa shape index (κ3) is 3.90. The summed E-state index contributed by atoms with van der Waals surface area (Å²) in [6.45, 7) is 3.41. The number of rotatable bonds is 4. The van der Waals surface area contributed by atoms with E-state index < -0.39 is 28.7 Å². The Balaban J connectivity index is 1.84. The molecule has 0 spiro atoms. The molecule has 1 aromatic heterocycles. The first-order chi connectivity index (χ1) is 13.3. The highest BCUT2D eigenvalue weighted by molar-refractivity contribution is 5.91. The summed E-state index contributed by atoms with van der Waals surface area (Å²) in [5.74, 6) is -2.67. The number of halogens is 2. The molecule has 0 saturated heterocycles. The van der Waals surface area contributed by atoms with Crippen molar-refractivity contribution >= 4 is 11.6 Å². The molecule has 8 heteroatoms. The zero-order valence-electron chi connectivity index (χ0n) is 15.2. The van der Waals surface area contributed by atoms with Gasteiger partial charge in [-0.2, -0.15) is 0 Å². The lowest BCUT2D eigenvalue weighted by Gasteiger charge is -2.11. The van der Waals surface area contributed by atoms with Crippen LogP contribution in [0.4, 0.5) is 14.5 Å². The number of benzene rings is 2. The number of amides is 1. The highest BCUT2D eigenvalue weighted by atomic mass is 19.2. The van der Waals surface area contributed by atoms with Crippen LogP contribution < -0.4 is 16.4 Å². The van der Waals surface area contributed by atoms with Crippen LogP contribution in [0.15, 0.2) is 58.4 Å². The molecule has 3 aromatic rings. The maximum atomic E-state index is 13.4. The van der Waals surface area contributed by atoms with Crippen LogP contribution in [-0.4, -0.2) is 15.0 Å². The van der Waals surface area contributed by atoms with Gasteiger partial charge in [0.05, 0.1) is 5.69 Å². The molecular weight excluding hydrogens is 368 g/mol. The van der Waals surface area contributed by atoms with Crippen LogP contribution in [0.3, 0.4) is 0 Å². The van der Waals surface area contributed by atoms with Crippen molar-refractivity contribution in [3.63, 3.8) is 0 Å². The first-order valence-electron chi connectivity index (χ1n) is 8.41. The minimum Gasteiger partial charge on any atom is -0.324 e. The predicted octanol–water partition coefficient (Wildman–Crippen LogP) is 2.53. The smallest absolute Gasteiger partial charge is 0.320 e. The first kappa shape index (κ1) is 19.2. The number of aryl methyl sites for hydroxylation is 2. The van der Waals surface area contributed by atoms with Crippen LogP contribution in [0, 0.1) is 25.5 Å². The molecule has 0 aliphatic heterocycles. The number of hydrogen-bond acceptors (Lipinski definition) is 3. The van der Waals surface area contributed by atoms with Gasteiger partial charge in [-0.15, -0.1) is 0 Å². The van der Waals surface area contributed by atoms with Crippen LogP contribution in [0.2, 0.25) is 0 Å². The zero-order valence-corrected chi connectivity index (χ0v) is 15.2. The Bertz CT molecular complexity index is 1180. The fraction of sp³-hybridized carbons (Fsp3) is 0.150. The molecule has 2 aromatic carbocycles. The van der Waals surface area contributed by atoms with E-state index in [-0.39, 0.29) is 12.2 Å². The first-order valence-corrected chi connectivity index (χ1v) is 8.41. The minimum atomic E-state index is -1.14. The number of aromatic nitrogens is 2. The number of carbonyl (C=O) groups is 1. The van der Waals surface area contributed by atoms with Gasteiger partial charge in [0.25, 0.3) is 0 Å². The monoisotopic (exact) mass is 385 g/mol. The predicted molar refractivity (Wildman–Crippen MR) is 101 cm³/mol. The highest BCUT2D eigenvalue weighted by Gasteiger charge is 2.12. The lowest BCUT2D eigenvalue weighted by atomic mass is 10.1. The fourth-order valence-electron chi connectivity index (χ4n) is 2.77. The molecule has 6 nitrogen and oxygen atoms in total. The van der Waals surface area contributed by atoms with Crippen LogP contribution >= 0.6 is 0 Å². The topological polar surface area (TPSA) is 73.1 Å². The van der Waals surface area contributed by atoms with Gasteiger partial charge in [0.15, 0.2) is 11.6 Å². The Kier molecular flexibility index (Phi) is 5.21. The molecule has 3 rings (SSSR count). The average molecular weight is 385 g/mol. The van der Waals surface area contributed by atoms with Crippen molar-refractivity contribution in [1.82, 2.24) is 9.13 Å². The molecule has 1 N–H and O–H groups in total. The van der Waals surface area contributed by atoms with E-state index in [0.29, 0.717) is 5.69 Å². The molecule has 144 valence electrons. The molecule has 0 radical (unpaired) electrons. The lowest BCUT2D eigenvalue weighted by Crippen LogP contribution is -2.41. The Morgan fingerprint density at radius 2 is 1.71 bits per heavy atom. The van der Waals surface area contributed by atoms with Crippen LogP contribution in [0.1, 0.15) is 11.1 Å². The molecule has 1 heterocycles. The number of anilines is 1. The van der Waals surface area contributed by atoms with E-state index >= 15 is 0 Å². The molecule has 0 atom stereocenters. The van der Waals surface area contributed by atoms with E-state index in [2.05, 4.69) is 5.32 Å². The van der Waals surface area contributed by atoms with Crippen LogP contribution in [0.25, 0.3) is 5.69 Å². The lowest BCUT2D eigenvalue weighted by molar-refractivity contribution is -0.116. The quantitative estimate of drug-likeness (QED) is 0.702. The van der Waals surface area contributed by atoms with Gasteiger partial charge in [-0.1, -0.05) is 17.7 Å². The van der Waals surface area contributed by atoms with Gasteiger partial charge in [-0.25, -0.2) is 8.78 Å². The summed E-state index contributed by atoms with van der Waals surface area (Å²) in [5, 5.41) is 2.69. The Morgan fingerprint density at radius 3 is 2.39 bits per heavy atom. The summed E-state index contributed by atoms with van der Waals surface area (Å²) < 4.78 is 28.3. The third-order valence-corrected chi connectivity index (χ3v) is 4.21. The van der Waals surface area contributed by atoms with Gasteiger partial charge < -0.3 is 5.32 Å². The highest BCUT2D eigenvalue weighted by Crippen LogP contribution is 2.16. The van der Waals surface area contributed by atoms with Crippen molar-refractivity contribution in [3.8, 4) is 5.69 Å². The van der Waals surface area contributed by atoms with Gasteiger partial charge >= 0.3 is 11.1 Å². The van der Waals surface area contributed by atoms with E-state index in [9.17, 15) is 23.2 Å². The van der Waals surface area contributed by atoms with Crippen molar-refractivity contribution < 1.29 is 13.6 Å². The summed E-state index contributed by atoms with van der Waals surface area (Å²) in [6, 6.07) is 8.36. The van der Waals surface area contributed by atoms with Crippen LogP contribution in [0.5, 0.6) is 0 Å². The molecule has 0 aliphatic carbocycles. The Hall–Kier alpha value is -3.55. The van der Waals surface area contributed by atoms with Crippen molar-refractivity contribution in [3.05, 3.63) is 92.3 Å². The zero-order chi connectivity index (χ0) is 20.4. The van der Waals surface area contributed by atoms with E-state index in [1.165, 1.54) is 18.5 Å². The molecular formula is C20H17F2N3O3. The molecule has 0 aliphatic rings.